The van der Waals surface area contributed by atoms with Crippen molar-refractivity contribution in [2.45, 2.75) is 64.5 Å². The fraction of sp³-hybridized carbons (Fsp3) is 0.882. The first-order valence-corrected chi connectivity index (χ1v) is 8.61. The molecule has 0 aromatic carbocycles. The number of nitrogens with zero attached hydrogens (tertiary/aromatic N) is 2. The summed E-state index contributed by atoms with van der Waals surface area (Å²) >= 11 is 0. The van der Waals surface area contributed by atoms with Gasteiger partial charge in [0.05, 0.1) is 12.5 Å². The van der Waals surface area contributed by atoms with Gasteiger partial charge in [-0.25, -0.2) is 0 Å². The molecule has 1 amide bonds. The Hall–Kier alpha value is -1.10. The van der Waals surface area contributed by atoms with E-state index in [-0.39, 0.29) is 5.91 Å². The summed E-state index contributed by atoms with van der Waals surface area (Å²) in [7, 11) is 1.84. The Kier molecular flexibility index (Phi) is 5.84. The number of carbonyl (C=O) groups excluding carboxylic acids is 1. The maximum absolute atomic E-state index is 12.7. The van der Waals surface area contributed by atoms with Gasteiger partial charge in [-0.05, 0) is 51.5 Å². The van der Waals surface area contributed by atoms with Crippen molar-refractivity contribution in [2.75, 3.05) is 20.1 Å². The highest BCUT2D eigenvalue weighted by atomic mass is 16.4. The third kappa shape index (κ3) is 4.70. The molecule has 0 heterocycles. The van der Waals surface area contributed by atoms with Gasteiger partial charge in [-0.2, -0.15) is 0 Å². The first kappa shape index (κ1) is 17.3. The normalized spacial score (nSPS) is 26.7. The summed E-state index contributed by atoms with van der Waals surface area (Å²) in [6, 6.07) is 0.845. The highest BCUT2D eigenvalue weighted by Gasteiger charge is 2.38. The largest absolute Gasteiger partial charge is 0.481 e. The topological polar surface area (TPSA) is 60.9 Å². The van der Waals surface area contributed by atoms with Crippen molar-refractivity contribution in [1.29, 1.82) is 0 Å². The quantitative estimate of drug-likeness (QED) is 0.783. The molecule has 5 heteroatoms. The summed E-state index contributed by atoms with van der Waals surface area (Å²) in [5, 5.41) is 8.98. The van der Waals surface area contributed by atoms with Crippen LogP contribution in [0.1, 0.15) is 52.4 Å². The zero-order valence-electron chi connectivity index (χ0n) is 14.1. The average Bonchev–Trinajstić information content (AvgIpc) is 3.25. The zero-order valence-corrected chi connectivity index (χ0v) is 14.1. The van der Waals surface area contributed by atoms with Crippen molar-refractivity contribution < 1.29 is 14.7 Å². The minimum atomic E-state index is -0.806. The third-order valence-electron chi connectivity index (χ3n) is 5.02. The number of likely N-dealkylation sites (N-methyl/N-ethyl adjacent to an activating group) is 1. The second kappa shape index (κ2) is 7.44. The molecule has 0 aromatic rings. The second-order valence-electron chi connectivity index (χ2n) is 7.38. The number of rotatable bonds is 7. The van der Waals surface area contributed by atoms with E-state index in [4.69, 9.17) is 5.11 Å². The van der Waals surface area contributed by atoms with Crippen LogP contribution in [0, 0.1) is 11.8 Å². The molecule has 126 valence electrons. The molecule has 0 spiro atoms. The van der Waals surface area contributed by atoms with Crippen LogP contribution in [0.5, 0.6) is 0 Å². The second-order valence-corrected chi connectivity index (χ2v) is 7.38. The Bertz CT molecular complexity index is 401. The van der Waals surface area contributed by atoms with Crippen LogP contribution in [0.3, 0.4) is 0 Å². The van der Waals surface area contributed by atoms with Crippen molar-refractivity contribution in [2.24, 2.45) is 11.8 Å². The molecule has 2 fully saturated rings. The molecule has 0 aromatic heterocycles. The maximum atomic E-state index is 12.7. The molecule has 1 unspecified atom stereocenters. The maximum Gasteiger partial charge on any atom is 0.307 e. The van der Waals surface area contributed by atoms with Gasteiger partial charge in [0, 0.05) is 18.6 Å². The SMILES string of the molecule is CC1CCC(N(C(=O)CN(C)CC(C)C(=O)O)C2CC2)CC1. The van der Waals surface area contributed by atoms with Crippen LogP contribution in [0.25, 0.3) is 0 Å². The van der Waals surface area contributed by atoms with Gasteiger partial charge in [-0.15, -0.1) is 0 Å². The van der Waals surface area contributed by atoms with Crippen LogP contribution in [-0.4, -0.2) is 59.0 Å². The molecule has 22 heavy (non-hydrogen) atoms. The molecule has 0 radical (unpaired) electrons. The summed E-state index contributed by atoms with van der Waals surface area (Å²) in [5.41, 5.74) is 0. The lowest BCUT2D eigenvalue weighted by atomic mass is 9.86. The predicted octanol–water partition coefficient (Wildman–Crippen LogP) is 2.21. The first-order chi connectivity index (χ1) is 10.4. The minimum Gasteiger partial charge on any atom is -0.481 e. The van der Waals surface area contributed by atoms with E-state index in [1.54, 1.807) is 6.92 Å². The van der Waals surface area contributed by atoms with E-state index in [2.05, 4.69) is 11.8 Å². The molecular formula is C17H30N2O3. The highest BCUT2D eigenvalue weighted by Crippen LogP contribution is 2.35. The van der Waals surface area contributed by atoms with Gasteiger partial charge in [0.15, 0.2) is 0 Å². The lowest BCUT2D eigenvalue weighted by molar-refractivity contribution is -0.143. The molecule has 1 N–H and O–H groups in total. The van der Waals surface area contributed by atoms with E-state index in [9.17, 15) is 9.59 Å². The van der Waals surface area contributed by atoms with E-state index in [0.29, 0.717) is 25.2 Å². The molecule has 1 atom stereocenters. The van der Waals surface area contributed by atoms with Gasteiger partial charge in [-0.3, -0.25) is 14.5 Å². The Labute approximate surface area is 133 Å². The first-order valence-electron chi connectivity index (χ1n) is 8.61. The summed E-state index contributed by atoms with van der Waals surface area (Å²) < 4.78 is 0. The average molecular weight is 310 g/mol. The van der Waals surface area contributed by atoms with Crippen molar-refractivity contribution in [1.82, 2.24) is 9.80 Å². The highest BCUT2D eigenvalue weighted by molar-refractivity contribution is 5.79. The van der Waals surface area contributed by atoms with Crippen LogP contribution >= 0.6 is 0 Å². The van der Waals surface area contributed by atoms with Crippen molar-refractivity contribution in [3.8, 4) is 0 Å². The van der Waals surface area contributed by atoms with Crippen LogP contribution in [0.4, 0.5) is 0 Å². The van der Waals surface area contributed by atoms with E-state index < -0.39 is 11.9 Å². The Morgan fingerprint density at radius 1 is 1.09 bits per heavy atom. The van der Waals surface area contributed by atoms with E-state index in [1.165, 1.54) is 12.8 Å². The lowest BCUT2D eigenvalue weighted by Crippen LogP contribution is -2.48. The smallest absolute Gasteiger partial charge is 0.307 e. The standard InChI is InChI=1S/C17H30N2O3/c1-12-4-6-14(7-5-12)19(15-8-9-15)16(20)11-18(3)10-13(2)17(21)22/h12-15H,4-11H2,1-3H3,(H,21,22). The van der Waals surface area contributed by atoms with Gasteiger partial charge in [-0.1, -0.05) is 13.8 Å². The number of amides is 1. The van der Waals surface area contributed by atoms with Crippen LogP contribution in [-0.2, 0) is 9.59 Å². The number of hydrogen-bond acceptors (Lipinski definition) is 3. The van der Waals surface area contributed by atoms with Crippen LogP contribution in [0.15, 0.2) is 0 Å². The van der Waals surface area contributed by atoms with Crippen molar-refractivity contribution in [3.63, 3.8) is 0 Å². The number of carboxylic acid groups (broad SMARTS) is 1. The van der Waals surface area contributed by atoms with E-state index in [1.807, 2.05) is 11.9 Å². The third-order valence-corrected chi connectivity index (χ3v) is 5.02. The van der Waals surface area contributed by atoms with Gasteiger partial charge < -0.3 is 10.0 Å². The molecule has 0 saturated heterocycles. The van der Waals surface area contributed by atoms with Gasteiger partial charge in [0.1, 0.15) is 0 Å². The molecule has 5 nitrogen and oxygen atoms in total. The molecule has 2 aliphatic carbocycles. The Morgan fingerprint density at radius 3 is 2.05 bits per heavy atom. The summed E-state index contributed by atoms with van der Waals surface area (Å²) in [6.07, 6.45) is 6.94. The van der Waals surface area contributed by atoms with Gasteiger partial charge in [0.2, 0.25) is 5.91 Å². The Balaban J connectivity index is 1.88. The zero-order chi connectivity index (χ0) is 16.3. The minimum absolute atomic E-state index is 0.183. The number of carbonyl (C=O) groups is 2. The fourth-order valence-corrected chi connectivity index (χ4v) is 3.50. The molecule has 0 aliphatic heterocycles. The molecule has 0 bridgehead atoms. The van der Waals surface area contributed by atoms with E-state index in [0.717, 1.165) is 31.6 Å². The van der Waals surface area contributed by atoms with Gasteiger partial charge in [0.25, 0.3) is 0 Å². The fourth-order valence-electron chi connectivity index (χ4n) is 3.50. The van der Waals surface area contributed by atoms with Crippen molar-refractivity contribution in [3.05, 3.63) is 0 Å². The van der Waals surface area contributed by atoms with Crippen LogP contribution < -0.4 is 0 Å². The predicted molar refractivity (Wildman–Crippen MR) is 85.6 cm³/mol. The number of hydrogen-bond donors (Lipinski definition) is 1. The summed E-state index contributed by atoms with van der Waals surface area (Å²) in [4.78, 5) is 27.6. The van der Waals surface area contributed by atoms with Gasteiger partial charge >= 0.3 is 5.97 Å². The lowest BCUT2D eigenvalue weighted by Gasteiger charge is -2.37. The molecule has 2 saturated carbocycles. The monoisotopic (exact) mass is 310 g/mol. The molecule has 2 rings (SSSR count). The Morgan fingerprint density at radius 2 is 1.59 bits per heavy atom. The summed E-state index contributed by atoms with van der Waals surface area (Å²) in [6.45, 7) is 4.73. The number of carboxylic acids is 1. The van der Waals surface area contributed by atoms with Crippen molar-refractivity contribution >= 4 is 11.9 Å². The summed E-state index contributed by atoms with van der Waals surface area (Å²) in [5.74, 6) is -0.282. The molecular weight excluding hydrogens is 280 g/mol. The van der Waals surface area contributed by atoms with E-state index >= 15 is 0 Å². The van der Waals surface area contributed by atoms with Crippen LogP contribution in [0.2, 0.25) is 0 Å². The number of aliphatic carboxylic acids is 1. The molecule has 2 aliphatic rings.